The van der Waals surface area contributed by atoms with E-state index in [-0.39, 0.29) is 21.7 Å². The molecule has 0 saturated heterocycles. The number of thiocarbonyl (C=S) groups is 1. The molecule has 1 amide bonds. The molecule has 0 saturated carbocycles. The number of fused-ring (bicyclic) bond motifs is 1. The van der Waals surface area contributed by atoms with Crippen LogP contribution in [0.15, 0.2) is 60.7 Å². The Balaban J connectivity index is 1.77. The summed E-state index contributed by atoms with van der Waals surface area (Å²) in [5.74, 6) is -0.372. The summed E-state index contributed by atoms with van der Waals surface area (Å²) in [4.78, 5) is 22.9. The minimum atomic E-state index is -0.592. The number of nitrogens with one attached hydrogen (secondary N) is 2. The summed E-state index contributed by atoms with van der Waals surface area (Å²) in [6.07, 6.45) is 0. The average Bonchev–Trinajstić information content (AvgIpc) is 2.62. The first-order valence-corrected chi connectivity index (χ1v) is 8.28. The van der Waals surface area contributed by atoms with Gasteiger partial charge in [-0.2, -0.15) is 0 Å². The van der Waals surface area contributed by atoms with Crippen LogP contribution in [-0.4, -0.2) is 15.9 Å². The molecule has 130 valence electrons. The third-order valence-corrected chi connectivity index (χ3v) is 4.19. The molecule has 26 heavy (non-hydrogen) atoms. The number of nitro benzene ring substituents is 1. The molecule has 2 N–H and O–H groups in total. The van der Waals surface area contributed by atoms with Crippen molar-refractivity contribution >= 4 is 57.0 Å². The second kappa shape index (κ2) is 7.47. The summed E-state index contributed by atoms with van der Waals surface area (Å²) >= 11 is 10.9. The van der Waals surface area contributed by atoms with E-state index in [2.05, 4.69) is 10.6 Å². The van der Waals surface area contributed by atoms with Gasteiger partial charge in [0, 0.05) is 17.3 Å². The van der Waals surface area contributed by atoms with Crippen molar-refractivity contribution in [2.24, 2.45) is 0 Å². The number of rotatable bonds is 3. The third-order valence-electron chi connectivity index (χ3n) is 3.66. The van der Waals surface area contributed by atoms with Gasteiger partial charge in [0.15, 0.2) is 5.11 Å². The van der Waals surface area contributed by atoms with Crippen LogP contribution in [0.2, 0.25) is 5.02 Å². The molecule has 3 aromatic rings. The highest BCUT2D eigenvalue weighted by molar-refractivity contribution is 7.80. The number of benzene rings is 3. The first-order chi connectivity index (χ1) is 12.5. The van der Waals surface area contributed by atoms with Crippen molar-refractivity contribution in [1.29, 1.82) is 0 Å². The Bertz CT molecular complexity index is 1030. The quantitative estimate of drug-likeness (QED) is 0.393. The lowest BCUT2D eigenvalue weighted by Gasteiger charge is -2.11. The highest BCUT2D eigenvalue weighted by Crippen LogP contribution is 2.27. The molecule has 6 nitrogen and oxygen atoms in total. The first-order valence-electron chi connectivity index (χ1n) is 7.50. The average molecular weight is 386 g/mol. The minimum Gasteiger partial charge on any atom is -0.332 e. The number of carbonyl (C=O) groups excluding carboxylic acids is 1. The summed E-state index contributed by atoms with van der Waals surface area (Å²) in [6.45, 7) is 0. The van der Waals surface area contributed by atoms with E-state index >= 15 is 0 Å². The Hall–Kier alpha value is -3.03. The van der Waals surface area contributed by atoms with Gasteiger partial charge in [-0.3, -0.25) is 20.2 Å². The van der Waals surface area contributed by atoms with Crippen LogP contribution in [0.4, 0.5) is 11.4 Å². The molecule has 3 rings (SSSR count). The lowest BCUT2D eigenvalue weighted by atomic mass is 10.0. The van der Waals surface area contributed by atoms with Gasteiger partial charge in [0.25, 0.3) is 11.6 Å². The van der Waals surface area contributed by atoms with Crippen LogP contribution in [0.3, 0.4) is 0 Å². The van der Waals surface area contributed by atoms with Gasteiger partial charge in [-0.15, -0.1) is 0 Å². The molecule has 0 aromatic heterocycles. The lowest BCUT2D eigenvalue weighted by Crippen LogP contribution is -2.34. The standard InChI is InChI=1S/C18H12ClN3O3S/c19-15-9-8-12(10-16(15)22(24)25)20-18(26)21-17(23)14-7-3-5-11-4-1-2-6-13(11)14/h1-10H,(H2,20,21,23,26). The van der Waals surface area contributed by atoms with Gasteiger partial charge >= 0.3 is 0 Å². The monoisotopic (exact) mass is 385 g/mol. The highest BCUT2D eigenvalue weighted by Gasteiger charge is 2.15. The highest BCUT2D eigenvalue weighted by atomic mass is 35.5. The number of amides is 1. The van der Waals surface area contributed by atoms with Crippen LogP contribution in [0.1, 0.15) is 10.4 Å². The smallest absolute Gasteiger partial charge is 0.289 e. The Morgan fingerprint density at radius 1 is 1.08 bits per heavy atom. The molecule has 0 spiro atoms. The zero-order valence-electron chi connectivity index (χ0n) is 13.2. The fourth-order valence-corrected chi connectivity index (χ4v) is 2.88. The fraction of sp³-hybridized carbons (Fsp3) is 0. The van der Waals surface area contributed by atoms with Crippen molar-refractivity contribution in [2.75, 3.05) is 5.32 Å². The number of carbonyl (C=O) groups is 1. The van der Waals surface area contributed by atoms with Gasteiger partial charge in [0.05, 0.1) is 4.92 Å². The van der Waals surface area contributed by atoms with E-state index in [4.69, 9.17) is 23.8 Å². The lowest BCUT2D eigenvalue weighted by molar-refractivity contribution is -0.384. The van der Waals surface area contributed by atoms with Crippen molar-refractivity contribution < 1.29 is 9.72 Å². The molecule has 0 radical (unpaired) electrons. The van der Waals surface area contributed by atoms with Crippen LogP contribution in [-0.2, 0) is 0 Å². The Labute approximate surface area is 158 Å². The molecule has 0 atom stereocenters. The van der Waals surface area contributed by atoms with Gasteiger partial charge in [-0.25, -0.2) is 0 Å². The van der Waals surface area contributed by atoms with Crippen molar-refractivity contribution in [3.8, 4) is 0 Å². The maximum Gasteiger partial charge on any atom is 0.289 e. The Morgan fingerprint density at radius 2 is 1.81 bits per heavy atom. The first kappa shape index (κ1) is 17.8. The van der Waals surface area contributed by atoms with Gasteiger partial charge < -0.3 is 5.32 Å². The van der Waals surface area contributed by atoms with Crippen LogP contribution < -0.4 is 10.6 Å². The summed E-state index contributed by atoms with van der Waals surface area (Å²) in [5.41, 5.74) is 0.582. The third kappa shape index (κ3) is 3.79. The predicted octanol–water partition coefficient (Wildman–Crippen LogP) is 4.53. The zero-order valence-corrected chi connectivity index (χ0v) is 14.8. The maximum absolute atomic E-state index is 12.5. The van der Waals surface area contributed by atoms with E-state index in [9.17, 15) is 14.9 Å². The predicted molar refractivity (Wildman–Crippen MR) is 106 cm³/mol. The van der Waals surface area contributed by atoms with Gasteiger partial charge in [0.2, 0.25) is 0 Å². The van der Waals surface area contributed by atoms with E-state index in [1.165, 1.54) is 18.2 Å². The second-order valence-electron chi connectivity index (χ2n) is 5.36. The van der Waals surface area contributed by atoms with Crippen LogP contribution in [0.5, 0.6) is 0 Å². The van der Waals surface area contributed by atoms with E-state index in [1.54, 1.807) is 12.1 Å². The summed E-state index contributed by atoms with van der Waals surface area (Å²) < 4.78 is 0. The molecule has 0 fully saturated rings. The van der Waals surface area contributed by atoms with E-state index < -0.39 is 4.92 Å². The SMILES string of the molecule is O=C(NC(=S)Nc1ccc(Cl)c([N+](=O)[O-])c1)c1cccc2ccccc12. The summed E-state index contributed by atoms with van der Waals surface area (Å²) in [7, 11) is 0. The molecular formula is C18H12ClN3O3S. The molecule has 0 aliphatic carbocycles. The maximum atomic E-state index is 12.5. The fourth-order valence-electron chi connectivity index (χ4n) is 2.49. The number of hydrogen-bond acceptors (Lipinski definition) is 4. The van der Waals surface area contributed by atoms with Gasteiger partial charge in [-0.05, 0) is 41.2 Å². The normalized spacial score (nSPS) is 10.3. The molecular weight excluding hydrogens is 374 g/mol. The van der Waals surface area contributed by atoms with Gasteiger partial charge in [0.1, 0.15) is 5.02 Å². The molecule has 0 unspecified atom stereocenters. The largest absolute Gasteiger partial charge is 0.332 e. The van der Waals surface area contributed by atoms with Crippen LogP contribution in [0.25, 0.3) is 10.8 Å². The van der Waals surface area contributed by atoms with E-state index in [1.807, 2.05) is 30.3 Å². The van der Waals surface area contributed by atoms with Crippen LogP contribution >= 0.6 is 23.8 Å². The van der Waals surface area contributed by atoms with Crippen molar-refractivity contribution in [3.05, 3.63) is 81.4 Å². The number of nitro groups is 1. The van der Waals surface area contributed by atoms with E-state index in [0.717, 1.165) is 10.8 Å². The van der Waals surface area contributed by atoms with Crippen molar-refractivity contribution in [3.63, 3.8) is 0 Å². The second-order valence-corrected chi connectivity index (χ2v) is 6.17. The summed E-state index contributed by atoms with van der Waals surface area (Å²) in [5, 5.41) is 18.1. The number of nitrogens with zero attached hydrogens (tertiary/aromatic N) is 1. The molecule has 3 aromatic carbocycles. The number of hydrogen-bond donors (Lipinski definition) is 2. The van der Waals surface area contributed by atoms with Crippen molar-refractivity contribution in [2.45, 2.75) is 0 Å². The Morgan fingerprint density at radius 3 is 2.58 bits per heavy atom. The Kier molecular flexibility index (Phi) is 5.11. The number of halogens is 1. The topological polar surface area (TPSA) is 84.3 Å². The molecule has 0 aliphatic heterocycles. The molecule has 8 heteroatoms. The minimum absolute atomic E-state index is 0.0197. The van der Waals surface area contributed by atoms with Crippen LogP contribution in [0, 0.1) is 10.1 Å². The molecule has 0 bridgehead atoms. The van der Waals surface area contributed by atoms with Gasteiger partial charge in [-0.1, -0.05) is 48.0 Å². The van der Waals surface area contributed by atoms with Crippen molar-refractivity contribution in [1.82, 2.24) is 5.32 Å². The summed E-state index contributed by atoms with van der Waals surface area (Å²) in [6, 6.07) is 17.1. The number of anilines is 1. The van der Waals surface area contributed by atoms with E-state index in [0.29, 0.717) is 11.3 Å². The molecule has 0 aliphatic rings. The zero-order chi connectivity index (χ0) is 18.7. The molecule has 0 heterocycles.